The van der Waals surface area contributed by atoms with Crippen molar-refractivity contribution in [2.24, 2.45) is 5.41 Å². The zero-order chi connectivity index (χ0) is 16.0. The van der Waals surface area contributed by atoms with Crippen molar-refractivity contribution in [2.75, 3.05) is 11.9 Å². The van der Waals surface area contributed by atoms with Crippen LogP contribution in [-0.4, -0.2) is 29.6 Å². The lowest BCUT2D eigenvalue weighted by atomic mass is 9.87. The third-order valence-electron chi connectivity index (χ3n) is 2.86. The number of nitrogens with one attached hydrogen (secondary N) is 2. The first-order valence-electron chi connectivity index (χ1n) is 6.72. The molecule has 0 radical (unpaired) electrons. The maximum atomic E-state index is 11.7. The van der Waals surface area contributed by atoms with E-state index in [-0.39, 0.29) is 5.41 Å². The first-order chi connectivity index (χ1) is 9.69. The number of halogens is 1. The Morgan fingerprint density at radius 3 is 2.57 bits per heavy atom. The molecule has 116 valence electrons. The highest BCUT2D eigenvalue weighted by molar-refractivity contribution is 6.39. The van der Waals surface area contributed by atoms with Crippen LogP contribution in [0.1, 0.15) is 27.2 Å². The molecule has 0 saturated heterocycles. The van der Waals surface area contributed by atoms with E-state index in [9.17, 15) is 14.7 Å². The van der Waals surface area contributed by atoms with Crippen molar-refractivity contribution >= 4 is 29.1 Å². The minimum Gasteiger partial charge on any atom is -0.393 e. The molecule has 1 unspecified atom stereocenters. The van der Waals surface area contributed by atoms with E-state index in [1.165, 1.54) is 0 Å². The van der Waals surface area contributed by atoms with Gasteiger partial charge in [-0.25, -0.2) is 0 Å². The van der Waals surface area contributed by atoms with E-state index < -0.39 is 17.9 Å². The topological polar surface area (TPSA) is 78.4 Å². The van der Waals surface area contributed by atoms with Gasteiger partial charge in [0.05, 0.1) is 6.10 Å². The van der Waals surface area contributed by atoms with Gasteiger partial charge in [0, 0.05) is 17.3 Å². The van der Waals surface area contributed by atoms with Crippen molar-refractivity contribution in [1.82, 2.24) is 5.32 Å². The highest BCUT2D eigenvalue weighted by atomic mass is 35.5. The number of hydrogen-bond donors (Lipinski definition) is 3. The molecule has 0 bridgehead atoms. The molecular weight excluding hydrogens is 292 g/mol. The molecule has 0 aromatic heterocycles. The van der Waals surface area contributed by atoms with Crippen LogP contribution in [0.25, 0.3) is 0 Å². The van der Waals surface area contributed by atoms with E-state index in [0.29, 0.717) is 23.7 Å². The van der Waals surface area contributed by atoms with Crippen molar-refractivity contribution in [3.05, 3.63) is 29.3 Å². The van der Waals surface area contributed by atoms with Gasteiger partial charge < -0.3 is 15.7 Å². The molecule has 0 aliphatic heterocycles. The lowest BCUT2D eigenvalue weighted by Crippen LogP contribution is -2.41. The minimum atomic E-state index is -0.745. The highest BCUT2D eigenvalue weighted by Crippen LogP contribution is 2.21. The van der Waals surface area contributed by atoms with Crippen molar-refractivity contribution in [1.29, 1.82) is 0 Å². The Morgan fingerprint density at radius 2 is 2.00 bits per heavy atom. The van der Waals surface area contributed by atoms with E-state index in [1.807, 2.05) is 13.8 Å². The maximum absolute atomic E-state index is 11.7. The Hall–Kier alpha value is -1.59. The SMILES string of the molecule is CC(O)CC(C)(C)CNC(=O)C(=O)Nc1cccc(Cl)c1. The van der Waals surface area contributed by atoms with Gasteiger partial charge in [-0.05, 0) is 37.0 Å². The second-order valence-electron chi connectivity index (χ2n) is 5.86. The molecule has 1 rings (SSSR count). The summed E-state index contributed by atoms with van der Waals surface area (Å²) >= 11 is 5.80. The molecule has 0 fully saturated rings. The fourth-order valence-corrected chi connectivity index (χ4v) is 2.22. The fourth-order valence-electron chi connectivity index (χ4n) is 2.03. The summed E-state index contributed by atoms with van der Waals surface area (Å²) in [6, 6.07) is 6.57. The molecule has 1 aromatic rings. The quantitative estimate of drug-likeness (QED) is 0.729. The number of carbonyl (C=O) groups is 2. The van der Waals surface area contributed by atoms with Crippen molar-refractivity contribution in [3.8, 4) is 0 Å². The lowest BCUT2D eigenvalue weighted by Gasteiger charge is -2.26. The molecule has 1 aromatic carbocycles. The van der Waals surface area contributed by atoms with Crippen molar-refractivity contribution in [2.45, 2.75) is 33.3 Å². The number of rotatable bonds is 5. The summed E-state index contributed by atoms with van der Waals surface area (Å²) in [5, 5.41) is 14.9. The van der Waals surface area contributed by atoms with Gasteiger partial charge in [0.15, 0.2) is 0 Å². The molecule has 21 heavy (non-hydrogen) atoms. The average Bonchev–Trinajstić information content (AvgIpc) is 2.34. The van der Waals surface area contributed by atoms with E-state index in [1.54, 1.807) is 31.2 Å². The predicted molar refractivity (Wildman–Crippen MR) is 83.2 cm³/mol. The Labute approximate surface area is 129 Å². The van der Waals surface area contributed by atoms with Gasteiger partial charge in [0.2, 0.25) is 0 Å². The fraction of sp³-hybridized carbons (Fsp3) is 0.467. The number of anilines is 1. The number of aliphatic hydroxyl groups excluding tert-OH is 1. The highest BCUT2D eigenvalue weighted by Gasteiger charge is 2.23. The van der Waals surface area contributed by atoms with E-state index in [0.717, 1.165) is 0 Å². The third-order valence-corrected chi connectivity index (χ3v) is 3.10. The molecule has 0 aliphatic rings. The first kappa shape index (κ1) is 17.5. The van der Waals surface area contributed by atoms with Crippen LogP contribution in [0.4, 0.5) is 5.69 Å². The minimum absolute atomic E-state index is 0.292. The summed E-state index contributed by atoms with van der Waals surface area (Å²) in [5.74, 6) is -1.46. The van der Waals surface area contributed by atoms with Crippen LogP contribution in [0.3, 0.4) is 0 Å². The first-order valence-corrected chi connectivity index (χ1v) is 7.10. The van der Waals surface area contributed by atoms with Gasteiger partial charge in [-0.15, -0.1) is 0 Å². The van der Waals surface area contributed by atoms with Crippen molar-refractivity contribution < 1.29 is 14.7 Å². The van der Waals surface area contributed by atoms with E-state index in [2.05, 4.69) is 10.6 Å². The standard InChI is InChI=1S/C15H21ClN2O3/c1-10(19)8-15(2,3)9-17-13(20)14(21)18-12-6-4-5-11(16)7-12/h4-7,10,19H,8-9H2,1-3H3,(H,17,20)(H,18,21). The Bertz CT molecular complexity index is 515. The summed E-state index contributed by atoms with van der Waals surface area (Å²) in [6.45, 7) is 5.82. The third kappa shape index (κ3) is 6.60. The predicted octanol–water partition coefficient (Wildman–Crippen LogP) is 2.19. The molecular formula is C15H21ClN2O3. The summed E-state index contributed by atoms with van der Waals surface area (Å²) < 4.78 is 0. The molecule has 6 heteroatoms. The summed E-state index contributed by atoms with van der Waals surface area (Å²) in [5.41, 5.74) is 0.172. The van der Waals surface area contributed by atoms with Gasteiger partial charge in [0.1, 0.15) is 0 Å². The van der Waals surface area contributed by atoms with Crippen molar-refractivity contribution in [3.63, 3.8) is 0 Å². The van der Waals surface area contributed by atoms with Crippen LogP contribution in [0.2, 0.25) is 5.02 Å². The summed E-state index contributed by atoms with van der Waals surface area (Å²) in [6.07, 6.45) is 0.0700. The average molecular weight is 313 g/mol. The van der Waals surface area contributed by atoms with Gasteiger partial charge >= 0.3 is 11.8 Å². The lowest BCUT2D eigenvalue weighted by molar-refractivity contribution is -0.136. The normalized spacial score (nSPS) is 12.6. The van der Waals surface area contributed by atoms with Gasteiger partial charge in [0.25, 0.3) is 0 Å². The maximum Gasteiger partial charge on any atom is 0.313 e. The second kappa shape index (κ2) is 7.43. The van der Waals surface area contributed by atoms with Crippen LogP contribution in [-0.2, 0) is 9.59 Å². The second-order valence-corrected chi connectivity index (χ2v) is 6.30. The molecule has 5 nitrogen and oxygen atoms in total. The Kier molecular flexibility index (Phi) is 6.18. The Balaban J connectivity index is 2.50. The van der Waals surface area contributed by atoms with Crippen LogP contribution in [0, 0.1) is 5.41 Å². The summed E-state index contributed by atoms with van der Waals surface area (Å²) in [7, 11) is 0. The van der Waals surface area contributed by atoms with Crippen LogP contribution in [0.5, 0.6) is 0 Å². The smallest absolute Gasteiger partial charge is 0.313 e. The number of benzene rings is 1. The Morgan fingerprint density at radius 1 is 1.33 bits per heavy atom. The van der Waals surface area contributed by atoms with E-state index >= 15 is 0 Å². The molecule has 3 N–H and O–H groups in total. The zero-order valence-electron chi connectivity index (χ0n) is 12.4. The largest absolute Gasteiger partial charge is 0.393 e. The van der Waals surface area contributed by atoms with Gasteiger partial charge in [-0.3, -0.25) is 9.59 Å². The molecule has 2 amide bonds. The van der Waals surface area contributed by atoms with Gasteiger partial charge in [-0.2, -0.15) is 0 Å². The number of amides is 2. The summed E-state index contributed by atoms with van der Waals surface area (Å²) in [4.78, 5) is 23.5. The monoisotopic (exact) mass is 312 g/mol. The van der Waals surface area contributed by atoms with Crippen LogP contribution in [0.15, 0.2) is 24.3 Å². The van der Waals surface area contributed by atoms with Gasteiger partial charge in [-0.1, -0.05) is 31.5 Å². The van der Waals surface area contributed by atoms with E-state index in [4.69, 9.17) is 11.6 Å². The zero-order valence-corrected chi connectivity index (χ0v) is 13.2. The molecule has 0 heterocycles. The molecule has 0 saturated carbocycles. The number of carbonyl (C=O) groups excluding carboxylic acids is 2. The van der Waals surface area contributed by atoms with Crippen LogP contribution >= 0.6 is 11.6 Å². The molecule has 1 atom stereocenters. The molecule has 0 aliphatic carbocycles. The number of aliphatic hydroxyl groups is 1. The number of hydrogen-bond acceptors (Lipinski definition) is 3. The molecule has 0 spiro atoms. The van der Waals surface area contributed by atoms with Crippen LogP contribution < -0.4 is 10.6 Å².